The molecule has 0 bridgehead atoms. The first-order valence-corrected chi connectivity index (χ1v) is 13.2. The van der Waals surface area contributed by atoms with E-state index in [1.165, 1.54) is 37.2 Å². The number of thioether (sulfide) groups is 1. The molecule has 2 aromatic rings. The number of carbonyl (C=O) groups is 1. The maximum atomic E-state index is 13.1. The molecule has 14 heteroatoms. The van der Waals surface area contributed by atoms with Crippen molar-refractivity contribution in [2.45, 2.75) is 51.2 Å². The van der Waals surface area contributed by atoms with Crippen molar-refractivity contribution in [1.29, 1.82) is 0 Å². The third-order valence-corrected chi connectivity index (χ3v) is 8.25. The van der Waals surface area contributed by atoms with E-state index in [0.717, 1.165) is 11.8 Å². The third-order valence-electron chi connectivity index (χ3n) is 5.51. The van der Waals surface area contributed by atoms with E-state index in [9.17, 15) is 24.4 Å². The molecule has 0 spiro atoms. The summed E-state index contributed by atoms with van der Waals surface area (Å²) in [5, 5.41) is 22.1. The molecule has 1 fully saturated rings. The Balaban J connectivity index is 1.78. The number of hydrogen-bond donors (Lipinski definition) is 3. The zero-order valence-electron chi connectivity index (χ0n) is 19.8. The van der Waals surface area contributed by atoms with Crippen LogP contribution in [0.25, 0.3) is 11.0 Å². The van der Waals surface area contributed by atoms with Gasteiger partial charge in [0.15, 0.2) is 11.3 Å². The van der Waals surface area contributed by atoms with Gasteiger partial charge in [-0.15, -0.1) is 0 Å². The molecule has 0 radical (unpaired) electrons. The summed E-state index contributed by atoms with van der Waals surface area (Å²) in [4.78, 5) is 30.6. The Hall–Kier alpha value is -1.57. The molecule has 5 atom stereocenters. The van der Waals surface area contributed by atoms with E-state index in [-0.39, 0.29) is 23.9 Å². The third kappa shape index (κ3) is 5.47. The SMILES string of the molecule is CCc1nc2c(ccn2[C@@H]2O[C@H](COP(=O)(OCCSC(C)=O)N(C)C)[C@H](O)C2(C)O)c(=O)[nH]1. The van der Waals surface area contributed by atoms with E-state index in [0.29, 0.717) is 29.0 Å². The number of aromatic amines is 1. The van der Waals surface area contributed by atoms with Gasteiger partial charge in [0, 0.05) is 25.3 Å². The van der Waals surface area contributed by atoms with E-state index in [1.807, 2.05) is 6.92 Å². The number of aliphatic hydroxyl groups excluding tert-OH is 1. The number of carbonyl (C=O) groups excluding carboxylic acids is 1. The quantitative estimate of drug-likeness (QED) is 0.307. The Labute approximate surface area is 201 Å². The molecule has 2 aromatic heterocycles. The van der Waals surface area contributed by atoms with Crippen LogP contribution in [0.1, 0.15) is 32.8 Å². The van der Waals surface area contributed by atoms with Crippen molar-refractivity contribution >= 4 is 35.7 Å². The summed E-state index contributed by atoms with van der Waals surface area (Å²) in [5.41, 5.74) is -1.77. The average molecular weight is 519 g/mol. The lowest BCUT2D eigenvalue weighted by atomic mass is 9.96. The second-order valence-electron chi connectivity index (χ2n) is 8.31. The molecular weight excluding hydrogens is 487 g/mol. The average Bonchev–Trinajstić information content (AvgIpc) is 3.28. The number of H-pyrrole nitrogens is 1. The van der Waals surface area contributed by atoms with Gasteiger partial charge in [0.1, 0.15) is 29.3 Å². The summed E-state index contributed by atoms with van der Waals surface area (Å²) in [7, 11) is -0.701. The van der Waals surface area contributed by atoms with Crippen molar-refractivity contribution in [2.24, 2.45) is 0 Å². The van der Waals surface area contributed by atoms with Gasteiger partial charge in [0.2, 0.25) is 0 Å². The number of aromatic nitrogens is 3. The van der Waals surface area contributed by atoms with Crippen LogP contribution in [0.15, 0.2) is 17.1 Å². The molecule has 190 valence electrons. The minimum absolute atomic E-state index is 0.0173. The minimum atomic E-state index is -3.74. The van der Waals surface area contributed by atoms with Crippen LogP contribution in [-0.4, -0.2) is 85.4 Å². The van der Waals surface area contributed by atoms with Crippen molar-refractivity contribution in [3.63, 3.8) is 0 Å². The Morgan fingerprint density at radius 2 is 2.15 bits per heavy atom. The topological polar surface area (TPSA) is 156 Å². The number of nitrogens with zero attached hydrogens (tertiary/aromatic N) is 3. The van der Waals surface area contributed by atoms with Crippen molar-refractivity contribution in [1.82, 2.24) is 19.2 Å². The van der Waals surface area contributed by atoms with Crippen molar-refractivity contribution in [2.75, 3.05) is 33.1 Å². The fourth-order valence-corrected chi connectivity index (χ4v) is 5.37. The van der Waals surface area contributed by atoms with Gasteiger partial charge in [-0.05, 0) is 27.1 Å². The highest BCUT2D eigenvalue weighted by Gasteiger charge is 2.54. The van der Waals surface area contributed by atoms with Crippen LogP contribution < -0.4 is 5.56 Å². The summed E-state index contributed by atoms with van der Waals surface area (Å²) in [6.45, 7) is 4.36. The summed E-state index contributed by atoms with van der Waals surface area (Å²) in [5.74, 6) is 0.783. The standard InChI is InChI=1S/C20H31N4O8PS/c1-6-15-21-17-13(18(27)22-15)7-8-24(17)19-20(3,28)16(26)14(32-19)11-31-33(29,23(4)5)30-9-10-34-12(2)25/h7-8,14,16,19,26,28H,6,9-11H2,1-5H3,(H,21,22,27)/t14-,16+,19-,20?,33?/m1/s1. The molecular formula is C20H31N4O8PS. The fourth-order valence-electron chi connectivity index (χ4n) is 3.60. The number of aryl methyl sites for hydroxylation is 1. The second-order valence-corrected chi connectivity index (χ2v) is 11.8. The van der Waals surface area contributed by atoms with Crippen LogP contribution in [0.5, 0.6) is 0 Å². The van der Waals surface area contributed by atoms with Crippen molar-refractivity contribution in [3.8, 4) is 0 Å². The Kier molecular flexibility index (Phi) is 8.42. The first-order chi connectivity index (χ1) is 15.9. The highest BCUT2D eigenvalue weighted by atomic mass is 32.2. The molecule has 1 aliphatic heterocycles. The number of fused-ring (bicyclic) bond motifs is 1. The maximum Gasteiger partial charge on any atom is 0.407 e. The number of aliphatic hydroxyl groups is 2. The van der Waals surface area contributed by atoms with Gasteiger partial charge in [0.25, 0.3) is 5.56 Å². The smallest absolute Gasteiger partial charge is 0.387 e. The van der Waals surface area contributed by atoms with Crippen LogP contribution >= 0.6 is 19.5 Å². The Morgan fingerprint density at radius 3 is 2.76 bits per heavy atom. The Morgan fingerprint density at radius 1 is 1.44 bits per heavy atom. The molecule has 0 aliphatic carbocycles. The monoisotopic (exact) mass is 518 g/mol. The fraction of sp³-hybridized carbons (Fsp3) is 0.650. The minimum Gasteiger partial charge on any atom is -0.387 e. The van der Waals surface area contributed by atoms with Crippen molar-refractivity contribution < 1.29 is 33.4 Å². The van der Waals surface area contributed by atoms with Gasteiger partial charge in [-0.3, -0.25) is 18.6 Å². The number of nitrogens with one attached hydrogen (secondary N) is 1. The molecule has 34 heavy (non-hydrogen) atoms. The summed E-state index contributed by atoms with van der Waals surface area (Å²) in [6, 6.07) is 1.56. The molecule has 3 heterocycles. The van der Waals surface area contributed by atoms with Crippen LogP contribution in [0.4, 0.5) is 0 Å². The van der Waals surface area contributed by atoms with Gasteiger partial charge in [-0.25, -0.2) is 14.2 Å². The van der Waals surface area contributed by atoms with E-state index in [2.05, 4.69) is 9.97 Å². The van der Waals surface area contributed by atoms with Gasteiger partial charge in [0.05, 0.1) is 18.6 Å². The first-order valence-electron chi connectivity index (χ1n) is 10.8. The molecule has 12 nitrogen and oxygen atoms in total. The van der Waals surface area contributed by atoms with E-state index in [4.69, 9.17) is 13.8 Å². The molecule has 1 aliphatic rings. The van der Waals surface area contributed by atoms with Crippen LogP contribution in [0, 0.1) is 0 Å². The van der Waals surface area contributed by atoms with Crippen LogP contribution in [-0.2, 0) is 29.6 Å². The highest BCUT2D eigenvalue weighted by molar-refractivity contribution is 8.13. The van der Waals surface area contributed by atoms with Crippen LogP contribution in [0.2, 0.25) is 0 Å². The number of ether oxygens (including phenoxy) is 1. The maximum absolute atomic E-state index is 13.1. The highest BCUT2D eigenvalue weighted by Crippen LogP contribution is 2.51. The zero-order chi connectivity index (χ0) is 25.3. The molecule has 3 rings (SSSR count). The molecule has 0 aromatic carbocycles. The van der Waals surface area contributed by atoms with Gasteiger partial charge in [-0.1, -0.05) is 18.7 Å². The largest absolute Gasteiger partial charge is 0.407 e. The molecule has 0 amide bonds. The first kappa shape index (κ1) is 27.0. The normalized spacial score (nSPS) is 26.9. The predicted molar refractivity (Wildman–Crippen MR) is 127 cm³/mol. The number of rotatable bonds is 10. The molecule has 3 N–H and O–H groups in total. The van der Waals surface area contributed by atoms with Gasteiger partial charge < -0.3 is 24.5 Å². The van der Waals surface area contributed by atoms with Gasteiger partial charge in [-0.2, -0.15) is 0 Å². The number of hydrogen-bond acceptors (Lipinski definition) is 10. The second kappa shape index (κ2) is 10.6. The Bertz CT molecular complexity index is 1130. The lowest BCUT2D eigenvalue weighted by Crippen LogP contribution is -2.44. The van der Waals surface area contributed by atoms with Gasteiger partial charge >= 0.3 is 7.75 Å². The van der Waals surface area contributed by atoms with E-state index >= 15 is 0 Å². The van der Waals surface area contributed by atoms with Crippen LogP contribution in [0.3, 0.4) is 0 Å². The van der Waals surface area contributed by atoms with E-state index in [1.54, 1.807) is 12.3 Å². The molecule has 2 unspecified atom stereocenters. The zero-order valence-corrected chi connectivity index (χ0v) is 21.5. The summed E-state index contributed by atoms with van der Waals surface area (Å²) in [6.07, 6.45) is -1.47. The lowest BCUT2D eigenvalue weighted by Gasteiger charge is -2.28. The molecule has 1 saturated heterocycles. The van der Waals surface area contributed by atoms with Crippen molar-refractivity contribution in [3.05, 3.63) is 28.4 Å². The predicted octanol–water partition coefficient (Wildman–Crippen LogP) is 1.28. The summed E-state index contributed by atoms with van der Waals surface area (Å²) >= 11 is 1.04. The summed E-state index contributed by atoms with van der Waals surface area (Å²) < 4.78 is 32.8. The lowest BCUT2D eigenvalue weighted by molar-refractivity contribution is -0.109. The molecule has 0 saturated carbocycles. The van der Waals surface area contributed by atoms with E-state index < -0.39 is 31.8 Å².